The van der Waals surface area contributed by atoms with Crippen LogP contribution in [0.2, 0.25) is 0 Å². The summed E-state index contributed by atoms with van der Waals surface area (Å²) in [6.45, 7) is 4.32. The number of anilines is 1. The molecule has 3 nitrogen and oxygen atoms in total. The first-order valence-electron chi connectivity index (χ1n) is 8.01. The third-order valence-electron chi connectivity index (χ3n) is 3.83. The highest BCUT2D eigenvalue weighted by atomic mass is 32.1. The highest BCUT2D eigenvalue weighted by molar-refractivity contribution is 7.14. The van der Waals surface area contributed by atoms with Crippen molar-refractivity contribution >= 4 is 22.4 Å². The topological polar surface area (TPSA) is 42.0 Å². The monoisotopic (exact) mass is 336 g/mol. The zero-order chi connectivity index (χ0) is 16.9. The Labute approximate surface area is 146 Å². The van der Waals surface area contributed by atoms with Crippen molar-refractivity contribution in [2.24, 2.45) is 0 Å². The third kappa shape index (κ3) is 4.09. The molecule has 0 unspecified atom stereocenters. The number of hydrogen-bond donors (Lipinski definition) is 1. The summed E-state index contributed by atoms with van der Waals surface area (Å²) in [5.74, 6) is 0.459. The van der Waals surface area contributed by atoms with Gasteiger partial charge in [-0.25, -0.2) is 4.98 Å². The molecular weight excluding hydrogens is 316 g/mol. The molecule has 0 atom stereocenters. The lowest BCUT2D eigenvalue weighted by molar-refractivity contribution is -0.115. The minimum Gasteiger partial charge on any atom is -0.302 e. The van der Waals surface area contributed by atoms with Crippen LogP contribution in [0.3, 0.4) is 0 Å². The first kappa shape index (κ1) is 16.4. The lowest BCUT2D eigenvalue weighted by Gasteiger charge is -2.06. The molecule has 0 saturated carbocycles. The summed E-state index contributed by atoms with van der Waals surface area (Å²) < 4.78 is 0. The lowest BCUT2D eigenvalue weighted by Crippen LogP contribution is -2.14. The fraction of sp³-hybridized carbons (Fsp3) is 0.200. The van der Waals surface area contributed by atoms with E-state index in [0.717, 1.165) is 16.8 Å². The molecule has 1 heterocycles. The van der Waals surface area contributed by atoms with Gasteiger partial charge in [0.05, 0.1) is 12.1 Å². The first-order chi connectivity index (χ1) is 11.6. The Hall–Kier alpha value is -2.46. The van der Waals surface area contributed by atoms with E-state index in [9.17, 15) is 4.79 Å². The molecule has 24 heavy (non-hydrogen) atoms. The second kappa shape index (κ2) is 7.41. The van der Waals surface area contributed by atoms with Gasteiger partial charge in [0.25, 0.3) is 0 Å². The van der Waals surface area contributed by atoms with E-state index in [4.69, 9.17) is 0 Å². The fourth-order valence-electron chi connectivity index (χ4n) is 2.44. The lowest BCUT2D eigenvalue weighted by atomic mass is 10.0. The number of benzene rings is 2. The Kier molecular flexibility index (Phi) is 5.06. The minimum atomic E-state index is -0.0405. The number of rotatable bonds is 5. The van der Waals surface area contributed by atoms with Crippen molar-refractivity contribution in [3.8, 4) is 11.3 Å². The van der Waals surface area contributed by atoms with Crippen LogP contribution in [-0.4, -0.2) is 10.9 Å². The van der Waals surface area contributed by atoms with Crippen LogP contribution in [0.25, 0.3) is 11.3 Å². The number of nitrogens with one attached hydrogen (secondary N) is 1. The average molecular weight is 336 g/mol. The summed E-state index contributed by atoms with van der Waals surface area (Å²) in [6, 6.07) is 18.2. The summed E-state index contributed by atoms with van der Waals surface area (Å²) in [6.07, 6.45) is 0.360. The predicted molar refractivity (Wildman–Crippen MR) is 100 cm³/mol. The van der Waals surface area contributed by atoms with Crippen molar-refractivity contribution in [1.82, 2.24) is 4.98 Å². The molecule has 3 rings (SSSR count). The second-order valence-corrected chi connectivity index (χ2v) is 6.88. The van der Waals surface area contributed by atoms with Crippen molar-refractivity contribution in [3.63, 3.8) is 0 Å². The minimum absolute atomic E-state index is 0.0405. The van der Waals surface area contributed by atoms with Gasteiger partial charge in [-0.2, -0.15) is 0 Å². The van der Waals surface area contributed by atoms with Gasteiger partial charge in [-0.3, -0.25) is 4.79 Å². The van der Waals surface area contributed by atoms with Crippen LogP contribution in [0.15, 0.2) is 60.0 Å². The number of thiazole rings is 1. The molecule has 0 saturated heterocycles. The second-order valence-electron chi connectivity index (χ2n) is 6.03. The van der Waals surface area contributed by atoms with Crippen LogP contribution >= 0.6 is 11.3 Å². The maximum atomic E-state index is 12.2. The molecule has 0 bridgehead atoms. The van der Waals surface area contributed by atoms with Crippen molar-refractivity contribution in [2.75, 3.05) is 5.32 Å². The predicted octanol–water partition coefficient (Wildman–Crippen LogP) is 5.11. The van der Waals surface area contributed by atoms with E-state index in [-0.39, 0.29) is 5.91 Å². The SMILES string of the molecule is CC(C)c1ccc(CC(=O)Nc2nc(-c3ccccc3)cs2)cc1. The molecule has 1 amide bonds. The van der Waals surface area contributed by atoms with Crippen LogP contribution in [0, 0.1) is 0 Å². The third-order valence-corrected chi connectivity index (χ3v) is 4.59. The quantitative estimate of drug-likeness (QED) is 0.703. The number of carbonyl (C=O) groups is 1. The summed E-state index contributed by atoms with van der Waals surface area (Å²) in [4.78, 5) is 16.7. The van der Waals surface area contributed by atoms with Crippen molar-refractivity contribution in [3.05, 3.63) is 71.1 Å². The maximum Gasteiger partial charge on any atom is 0.230 e. The zero-order valence-corrected chi connectivity index (χ0v) is 14.6. The molecule has 0 spiro atoms. The van der Waals surface area contributed by atoms with Crippen LogP contribution in [0.5, 0.6) is 0 Å². The normalized spacial score (nSPS) is 10.8. The molecule has 3 aromatic rings. The fourth-order valence-corrected chi connectivity index (χ4v) is 3.18. The maximum absolute atomic E-state index is 12.2. The smallest absolute Gasteiger partial charge is 0.230 e. The Morgan fingerprint density at radius 1 is 1.08 bits per heavy atom. The number of carbonyl (C=O) groups excluding carboxylic acids is 1. The van der Waals surface area contributed by atoms with E-state index in [1.807, 2.05) is 47.8 Å². The van der Waals surface area contributed by atoms with E-state index in [1.54, 1.807) is 0 Å². The Balaban J connectivity index is 1.62. The van der Waals surface area contributed by atoms with E-state index in [1.165, 1.54) is 16.9 Å². The summed E-state index contributed by atoms with van der Waals surface area (Å²) in [5.41, 5.74) is 4.24. The van der Waals surface area contributed by atoms with Crippen molar-refractivity contribution in [2.45, 2.75) is 26.2 Å². The van der Waals surface area contributed by atoms with Crippen molar-refractivity contribution < 1.29 is 4.79 Å². The Morgan fingerprint density at radius 2 is 1.79 bits per heavy atom. The first-order valence-corrected chi connectivity index (χ1v) is 8.89. The van der Waals surface area contributed by atoms with Gasteiger partial charge in [0, 0.05) is 10.9 Å². The van der Waals surface area contributed by atoms with Gasteiger partial charge in [-0.05, 0) is 17.0 Å². The standard InChI is InChI=1S/C20H20N2OS/c1-14(2)16-10-8-15(9-11-16)12-19(23)22-20-21-18(13-24-20)17-6-4-3-5-7-17/h3-11,13-14H,12H2,1-2H3,(H,21,22,23). The molecule has 122 valence electrons. The summed E-state index contributed by atoms with van der Waals surface area (Å²) in [5, 5.41) is 5.48. The number of nitrogens with zero attached hydrogens (tertiary/aromatic N) is 1. The van der Waals surface area contributed by atoms with E-state index in [0.29, 0.717) is 17.5 Å². The van der Waals surface area contributed by atoms with Crippen LogP contribution in [0.4, 0.5) is 5.13 Å². The average Bonchev–Trinajstić information content (AvgIpc) is 3.04. The number of hydrogen-bond acceptors (Lipinski definition) is 3. The van der Waals surface area contributed by atoms with Crippen LogP contribution in [0.1, 0.15) is 30.9 Å². The highest BCUT2D eigenvalue weighted by Crippen LogP contribution is 2.24. The van der Waals surface area contributed by atoms with Crippen LogP contribution < -0.4 is 5.32 Å². The number of aromatic nitrogens is 1. The van der Waals surface area contributed by atoms with Crippen molar-refractivity contribution in [1.29, 1.82) is 0 Å². The molecule has 2 aromatic carbocycles. The van der Waals surface area contributed by atoms with Crippen LogP contribution in [-0.2, 0) is 11.2 Å². The Bertz CT molecular complexity index is 807. The molecule has 1 aromatic heterocycles. The molecule has 0 fully saturated rings. The van der Waals surface area contributed by atoms with E-state index < -0.39 is 0 Å². The van der Waals surface area contributed by atoms with Gasteiger partial charge < -0.3 is 5.32 Å². The van der Waals surface area contributed by atoms with Gasteiger partial charge in [0.1, 0.15) is 0 Å². The zero-order valence-electron chi connectivity index (χ0n) is 13.8. The van der Waals surface area contributed by atoms with Gasteiger partial charge in [0.15, 0.2) is 5.13 Å². The Morgan fingerprint density at radius 3 is 2.46 bits per heavy atom. The van der Waals surface area contributed by atoms with E-state index in [2.05, 4.69) is 36.3 Å². The molecule has 1 N–H and O–H groups in total. The highest BCUT2D eigenvalue weighted by Gasteiger charge is 2.09. The molecule has 0 aliphatic heterocycles. The number of amides is 1. The van der Waals surface area contributed by atoms with Gasteiger partial charge in [-0.15, -0.1) is 11.3 Å². The summed E-state index contributed by atoms with van der Waals surface area (Å²) >= 11 is 1.45. The molecule has 4 heteroatoms. The van der Waals surface area contributed by atoms with E-state index >= 15 is 0 Å². The molecule has 0 aliphatic rings. The molecular formula is C20H20N2OS. The largest absolute Gasteiger partial charge is 0.302 e. The molecule has 0 aliphatic carbocycles. The van der Waals surface area contributed by atoms with Gasteiger partial charge in [-0.1, -0.05) is 68.4 Å². The van der Waals surface area contributed by atoms with Gasteiger partial charge >= 0.3 is 0 Å². The van der Waals surface area contributed by atoms with Gasteiger partial charge in [0.2, 0.25) is 5.91 Å². The summed E-state index contributed by atoms with van der Waals surface area (Å²) in [7, 11) is 0. The molecule has 0 radical (unpaired) electrons.